The number of hydrogen-bond donors (Lipinski definition) is 2. The van der Waals surface area contributed by atoms with Crippen molar-refractivity contribution < 1.29 is 17.6 Å². The van der Waals surface area contributed by atoms with Crippen molar-refractivity contribution in [1.82, 2.24) is 4.31 Å². The first-order valence-electron chi connectivity index (χ1n) is 8.95. The van der Waals surface area contributed by atoms with E-state index in [1.807, 2.05) is 0 Å². The fourth-order valence-electron chi connectivity index (χ4n) is 2.99. The van der Waals surface area contributed by atoms with Gasteiger partial charge in [0, 0.05) is 23.8 Å². The average molecular weight is 426 g/mol. The highest BCUT2D eigenvalue weighted by Gasteiger charge is 2.26. The van der Waals surface area contributed by atoms with Crippen molar-refractivity contribution >= 4 is 38.9 Å². The predicted molar refractivity (Wildman–Crippen MR) is 108 cm³/mol. The molecule has 2 aromatic carbocycles. The first-order chi connectivity index (χ1) is 13.4. The largest absolute Gasteiger partial charge is 0.376 e. The molecule has 1 aliphatic rings. The van der Waals surface area contributed by atoms with Gasteiger partial charge in [-0.1, -0.05) is 24.1 Å². The van der Waals surface area contributed by atoms with E-state index in [4.69, 9.17) is 11.6 Å². The Kier molecular flexibility index (Phi) is 6.53. The van der Waals surface area contributed by atoms with Crippen LogP contribution in [0.4, 0.5) is 15.8 Å². The molecule has 0 radical (unpaired) electrons. The van der Waals surface area contributed by atoms with Gasteiger partial charge in [0.1, 0.15) is 5.82 Å². The average Bonchev–Trinajstić information content (AvgIpc) is 2.70. The van der Waals surface area contributed by atoms with E-state index >= 15 is 0 Å². The number of nitrogens with one attached hydrogen (secondary N) is 2. The van der Waals surface area contributed by atoms with E-state index in [-0.39, 0.29) is 17.1 Å². The summed E-state index contributed by atoms with van der Waals surface area (Å²) in [6, 6.07) is 10.2. The molecule has 150 valence electrons. The van der Waals surface area contributed by atoms with Crippen molar-refractivity contribution in [2.75, 3.05) is 30.3 Å². The van der Waals surface area contributed by atoms with Crippen molar-refractivity contribution in [2.24, 2.45) is 0 Å². The third kappa shape index (κ3) is 5.01. The molecule has 0 aliphatic carbocycles. The smallest absolute Gasteiger partial charge is 0.243 e. The molecular formula is C19H21ClFN3O3S. The molecule has 1 saturated heterocycles. The van der Waals surface area contributed by atoms with E-state index in [1.165, 1.54) is 34.6 Å². The molecule has 0 atom stereocenters. The highest BCUT2D eigenvalue weighted by molar-refractivity contribution is 7.89. The molecule has 1 aliphatic heterocycles. The summed E-state index contributed by atoms with van der Waals surface area (Å²) in [5.41, 5.74) is 0.473. The predicted octanol–water partition coefficient (Wildman–Crippen LogP) is 3.70. The molecule has 28 heavy (non-hydrogen) atoms. The fraction of sp³-hybridized carbons (Fsp3) is 0.316. The van der Waals surface area contributed by atoms with Crippen LogP contribution in [0.25, 0.3) is 0 Å². The van der Waals surface area contributed by atoms with E-state index in [0.29, 0.717) is 23.8 Å². The second kappa shape index (κ2) is 8.89. The molecule has 3 rings (SSSR count). The standard InChI is InChI=1S/C19H21ClFN3O3S/c20-14-7-8-17(21)18(11-14)23-19(25)13-22-15-5-4-6-16(12-15)28(26,27)24-9-2-1-3-10-24/h4-8,11-12,22H,1-3,9-10,13H2,(H,23,25). The number of hydrogen-bond acceptors (Lipinski definition) is 4. The Labute approximate surface area is 168 Å². The molecule has 0 unspecified atom stereocenters. The maximum Gasteiger partial charge on any atom is 0.243 e. The number of anilines is 2. The van der Waals surface area contributed by atoms with Crippen molar-refractivity contribution in [1.29, 1.82) is 0 Å². The maximum atomic E-state index is 13.7. The number of halogens is 2. The third-order valence-corrected chi connectivity index (χ3v) is 6.57. The zero-order valence-corrected chi connectivity index (χ0v) is 16.7. The summed E-state index contributed by atoms with van der Waals surface area (Å²) in [7, 11) is -3.55. The molecule has 2 aromatic rings. The summed E-state index contributed by atoms with van der Waals surface area (Å²) in [5, 5.41) is 5.60. The Morgan fingerprint density at radius 3 is 2.61 bits per heavy atom. The van der Waals surface area contributed by atoms with E-state index in [0.717, 1.165) is 19.3 Å². The number of carbonyl (C=O) groups excluding carboxylic acids is 1. The zero-order valence-electron chi connectivity index (χ0n) is 15.1. The van der Waals surface area contributed by atoms with E-state index in [9.17, 15) is 17.6 Å². The number of amides is 1. The molecule has 2 N–H and O–H groups in total. The second-order valence-electron chi connectivity index (χ2n) is 6.52. The van der Waals surface area contributed by atoms with Gasteiger partial charge in [-0.05, 0) is 49.2 Å². The van der Waals surface area contributed by atoms with Gasteiger partial charge in [0.05, 0.1) is 17.1 Å². The third-order valence-electron chi connectivity index (χ3n) is 4.44. The van der Waals surface area contributed by atoms with Gasteiger partial charge in [-0.25, -0.2) is 12.8 Å². The second-order valence-corrected chi connectivity index (χ2v) is 8.89. The van der Waals surface area contributed by atoms with Gasteiger partial charge in [-0.3, -0.25) is 4.79 Å². The highest BCUT2D eigenvalue weighted by Crippen LogP contribution is 2.23. The molecule has 0 saturated carbocycles. The van der Waals surface area contributed by atoms with Crippen LogP contribution in [0.1, 0.15) is 19.3 Å². The normalized spacial score (nSPS) is 15.2. The van der Waals surface area contributed by atoms with Crippen LogP contribution in [0.5, 0.6) is 0 Å². The van der Waals surface area contributed by atoms with Crippen LogP contribution < -0.4 is 10.6 Å². The monoisotopic (exact) mass is 425 g/mol. The lowest BCUT2D eigenvalue weighted by atomic mass is 10.2. The number of nitrogens with zero attached hydrogens (tertiary/aromatic N) is 1. The quantitative estimate of drug-likeness (QED) is 0.739. The Morgan fingerprint density at radius 1 is 1.11 bits per heavy atom. The SMILES string of the molecule is O=C(CNc1cccc(S(=O)(=O)N2CCCCC2)c1)Nc1cc(Cl)ccc1F. The van der Waals surface area contributed by atoms with Crippen LogP contribution in [0.2, 0.25) is 5.02 Å². The van der Waals surface area contributed by atoms with Gasteiger partial charge in [0.15, 0.2) is 0 Å². The summed E-state index contributed by atoms with van der Waals surface area (Å²) < 4.78 is 40.7. The van der Waals surface area contributed by atoms with Gasteiger partial charge in [-0.15, -0.1) is 0 Å². The molecule has 1 amide bonds. The maximum absolute atomic E-state index is 13.7. The Hall–Kier alpha value is -2.16. The lowest BCUT2D eigenvalue weighted by Gasteiger charge is -2.26. The van der Waals surface area contributed by atoms with Crippen LogP contribution >= 0.6 is 11.6 Å². The number of benzene rings is 2. The van der Waals surface area contributed by atoms with Gasteiger partial charge < -0.3 is 10.6 Å². The lowest BCUT2D eigenvalue weighted by Crippen LogP contribution is -2.35. The van der Waals surface area contributed by atoms with Crippen molar-refractivity contribution in [3.63, 3.8) is 0 Å². The summed E-state index contributed by atoms with van der Waals surface area (Å²) in [6.07, 6.45) is 2.75. The minimum atomic E-state index is -3.55. The van der Waals surface area contributed by atoms with Crippen LogP contribution in [-0.4, -0.2) is 38.3 Å². The molecular weight excluding hydrogens is 405 g/mol. The molecule has 1 heterocycles. The van der Waals surface area contributed by atoms with Crippen LogP contribution in [0, 0.1) is 5.82 Å². The molecule has 9 heteroatoms. The van der Waals surface area contributed by atoms with Gasteiger partial charge in [0.2, 0.25) is 15.9 Å². The summed E-state index contributed by atoms with van der Waals surface area (Å²) in [4.78, 5) is 12.2. The van der Waals surface area contributed by atoms with Gasteiger partial charge >= 0.3 is 0 Å². The summed E-state index contributed by atoms with van der Waals surface area (Å²) in [6.45, 7) is 0.889. The van der Waals surface area contributed by atoms with Crippen molar-refractivity contribution in [3.8, 4) is 0 Å². The zero-order chi connectivity index (χ0) is 20.1. The van der Waals surface area contributed by atoms with Crippen LogP contribution in [-0.2, 0) is 14.8 Å². The Bertz CT molecular complexity index is 963. The number of piperidine rings is 1. The van der Waals surface area contributed by atoms with E-state index in [1.54, 1.807) is 12.1 Å². The molecule has 6 nitrogen and oxygen atoms in total. The molecule has 0 spiro atoms. The van der Waals surface area contributed by atoms with Crippen molar-refractivity contribution in [2.45, 2.75) is 24.2 Å². The minimum absolute atomic E-state index is 0.0132. The highest BCUT2D eigenvalue weighted by atomic mass is 35.5. The molecule has 0 bridgehead atoms. The first kappa shape index (κ1) is 20.6. The Balaban J connectivity index is 1.64. The number of sulfonamides is 1. The molecule has 0 aromatic heterocycles. The van der Waals surface area contributed by atoms with Gasteiger partial charge in [0.25, 0.3) is 0 Å². The first-order valence-corrected chi connectivity index (χ1v) is 10.8. The minimum Gasteiger partial charge on any atom is -0.376 e. The molecule has 1 fully saturated rings. The Morgan fingerprint density at radius 2 is 1.86 bits per heavy atom. The summed E-state index contributed by atoms with van der Waals surface area (Å²) >= 11 is 5.80. The van der Waals surface area contributed by atoms with Gasteiger partial charge in [-0.2, -0.15) is 4.31 Å². The lowest BCUT2D eigenvalue weighted by molar-refractivity contribution is -0.114. The van der Waals surface area contributed by atoms with E-state index < -0.39 is 21.7 Å². The topological polar surface area (TPSA) is 78.5 Å². The number of carbonyl (C=O) groups is 1. The van der Waals surface area contributed by atoms with Crippen LogP contribution in [0.15, 0.2) is 47.4 Å². The van der Waals surface area contributed by atoms with Crippen molar-refractivity contribution in [3.05, 3.63) is 53.3 Å². The fourth-order valence-corrected chi connectivity index (χ4v) is 4.73. The van der Waals surface area contributed by atoms with Crippen LogP contribution in [0.3, 0.4) is 0 Å². The number of rotatable bonds is 6. The van der Waals surface area contributed by atoms with E-state index in [2.05, 4.69) is 10.6 Å². The summed E-state index contributed by atoms with van der Waals surface area (Å²) in [5.74, 6) is -1.07.